The number of likely N-dealkylation sites (N-methyl/N-ethyl adjacent to an activating group) is 2. The van der Waals surface area contributed by atoms with Crippen molar-refractivity contribution >= 4 is 38.7 Å². The number of hydrogen-bond donors (Lipinski definition) is 0. The molecule has 3 rings (SSSR count). The van der Waals surface area contributed by atoms with Gasteiger partial charge in [0.2, 0.25) is 0 Å². The molecule has 1 aliphatic heterocycles. The molecule has 7 nitrogen and oxygen atoms in total. The summed E-state index contributed by atoms with van der Waals surface area (Å²) in [6.07, 6.45) is 0.661. The van der Waals surface area contributed by atoms with Crippen molar-refractivity contribution in [2.75, 3.05) is 70.8 Å². The Morgan fingerprint density at radius 2 is 1.86 bits per heavy atom. The molecule has 1 aromatic heterocycles. The van der Waals surface area contributed by atoms with Crippen LogP contribution in [0.2, 0.25) is 0 Å². The molecule has 0 saturated carbocycles. The van der Waals surface area contributed by atoms with Crippen molar-refractivity contribution in [3.63, 3.8) is 0 Å². The first kappa shape index (κ1) is 21.8. The number of nitrogens with zero attached hydrogens (tertiary/aromatic N) is 3. The van der Waals surface area contributed by atoms with Crippen molar-refractivity contribution in [2.45, 2.75) is 6.42 Å². The van der Waals surface area contributed by atoms with Gasteiger partial charge in [-0.15, -0.1) is 0 Å². The van der Waals surface area contributed by atoms with Gasteiger partial charge >= 0.3 is 0 Å². The van der Waals surface area contributed by atoms with E-state index < -0.39 is 0 Å². The topological polar surface area (TPSA) is 66.2 Å². The number of rotatable bonds is 7. The number of benzene rings is 1. The Morgan fingerprint density at radius 1 is 1.14 bits per heavy atom. The van der Waals surface area contributed by atoms with Gasteiger partial charge in [-0.05, 0) is 38.2 Å². The van der Waals surface area contributed by atoms with Gasteiger partial charge in [0.15, 0.2) is 11.3 Å². The zero-order valence-electron chi connectivity index (χ0n) is 17.2. The molecule has 0 spiro atoms. The van der Waals surface area contributed by atoms with Crippen molar-refractivity contribution in [1.82, 2.24) is 9.80 Å². The summed E-state index contributed by atoms with van der Waals surface area (Å²) in [5, 5.41) is 1.16. The van der Waals surface area contributed by atoms with E-state index in [1.54, 1.807) is 18.0 Å². The molecule has 0 bridgehead atoms. The first-order chi connectivity index (χ1) is 13.9. The number of carbonyl (C=O) groups excluding carboxylic acids is 1. The van der Waals surface area contributed by atoms with Crippen LogP contribution in [0.15, 0.2) is 27.4 Å². The van der Waals surface area contributed by atoms with E-state index in [4.69, 9.17) is 9.15 Å². The van der Waals surface area contributed by atoms with Crippen molar-refractivity contribution in [2.24, 2.45) is 0 Å². The SMILES string of the molecule is CN(C)CCN(C)C(=O)c1cc(CCBr)c2oc(N3CCOCC3)cc(=O)c2c1. The highest BCUT2D eigenvalue weighted by Crippen LogP contribution is 2.26. The first-order valence-electron chi connectivity index (χ1n) is 9.80. The Labute approximate surface area is 179 Å². The van der Waals surface area contributed by atoms with Gasteiger partial charge in [-0.2, -0.15) is 0 Å². The number of morpholine rings is 1. The molecule has 1 aliphatic rings. The standard InChI is InChI=1S/C21H28BrN3O4/c1-23(2)6-7-24(3)21(27)16-12-15(4-5-22)20-17(13-16)18(26)14-19(29-20)25-8-10-28-11-9-25/h12-14H,4-11H2,1-3H3. The molecule has 8 heteroatoms. The summed E-state index contributed by atoms with van der Waals surface area (Å²) >= 11 is 3.47. The summed E-state index contributed by atoms with van der Waals surface area (Å²) in [6, 6.07) is 5.04. The molecule has 1 fully saturated rings. The molecule has 29 heavy (non-hydrogen) atoms. The van der Waals surface area contributed by atoms with Crippen molar-refractivity contribution < 1.29 is 13.9 Å². The molecule has 2 aromatic rings. The maximum absolute atomic E-state index is 12.9. The van der Waals surface area contributed by atoms with Gasteiger partial charge in [0, 0.05) is 50.2 Å². The lowest BCUT2D eigenvalue weighted by Crippen LogP contribution is -2.36. The third kappa shape index (κ3) is 5.18. The molecule has 1 saturated heterocycles. The second kappa shape index (κ2) is 9.73. The Kier molecular flexibility index (Phi) is 7.32. The molecular weight excluding hydrogens is 438 g/mol. The monoisotopic (exact) mass is 465 g/mol. The summed E-state index contributed by atoms with van der Waals surface area (Å²) < 4.78 is 11.5. The molecular formula is C21H28BrN3O4. The lowest BCUT2D eigenvalue weighted by molar-refractivity contribution is 0.0786. The number of aryl methyl sites for hydroxylation is 1. The summed E-state index contributed by atoms with van der Waals surface area (Å²) in [7, 11) is 5.73. The van der Waals surface area contributed by atoms with E-state index in [2.05, 4.69) is 15.9 Å². The van der Waals surface area contributed by atoms with E-state index in [1.807, 2.05) is 30.0 Å². The number of hydrogen-bond acceptors (Lipinski definition) is 6. The summed E-state index contributed by atoms with van der Waals surface area (Å²) in [5.74, 6) is 0.463. The lowest BCUT2D eigenvalue weighted by Gasteiger charge is -2.27. The maximum atomic E-state index is 12.9. The van der Waals surface area contributed by atoms with Crippen LogP contribution >= 0.6 is 15.9 Å². The Bertz CT molecular complexity index is 922. The summed E-state index contributed by atoms with van der Waals surface area (Å²) in [4.78, 5) is 31.6. The van der Waals surface area contributed by atoms with Crippen LogP contribution in [0.4, 0.5) is 5.88 Å². The molecule has 0 atom stereocenters. The van der Waals surface area contributed by atoms with E-state index in [1.165, 1.54) is 6.07 Å². The van der Waals surface area contributed by atoms with Crippen LogP contribution < -0.4 is 10.3 Å². The van der Waals surface area contributed by atoms with Gasteiger partial charge in [0.1, 0.15) is 5.58 Å². The van der Waals surface area contributed by atoms with Crippen LogP contribution in [0.1, 0.15) is 15.9 Å². The average Bonchev–Trinajstić information content (AvgIpc) is 2.72. The third-order valence-corrected chi connectivity index (χ3v) is 5.45. The van der Waals surface area contributed by atoms with Crippen LogP contribution in [0, 0.1) is 0 Å². The second-order valence-corrected chi connectivity index (χ2v) is 8.32. The van der Waals surface area contributed by atoms with E-state index >= 15 is 0 Å². The molecule has 1 aromatic carbocycles. The van der Waals surface area contributed by atoms with Gasteiger partial charge in [-0.25, -0.2) is 0 Å². The highest BCUT2D eigenvalue weighted by atomic mass is 79.9. The van der Waals surface area contributed by atoms with Crippen LogP contribution in [-0.2, 0) is 11.2 Å². The Balaban J connectivity index is 2.00. The fourth-order valence-corrected chi connectivity index (χ4v) is 3.77. The average molecular weight is 466 g/mol. The third-order valence-electron chi connectivity index (χ3n) is 5.06. The largest absolute Gasteiger partial charge is 0.440 e. The van der Waals surface area contributed by atoms with Gasteiger partial charge in [-0.3, -0.25) is 9.59 Å². The quantitative estimate of drug-likeness (QED) is 0.583. The molecule has 2 heterocycles. The molecule has 0 aliphatic carbocycles. The minimum Gasteiger partial charge on any atom is -0.440 e. The predicted octanol–water partition coefficient (Wildman–Crippen LogP) is 2.20. The zero-order chi connectivity index (χ0) is 21.0. The van der Waals surface area contributed by atoms with Crippen molar-refractivity contribution in [1.29, 1.82) is 0 Å². The number of fused-ring (bicyclic) bond motifs is 1. The number of carbonyl (C=O) groups is 1. The maximum Gasteiger partial charge on any atom is 0.253 e. The first-order valence-corrected chi connectivity index (χ1v) is 10.9. The van der Waals surface area contributed by atoms with Crippen molar-refractivity contribution in [3.05, 3.63) is 39.5 Å². The number of alkyl halides is 1. The molecule has 0 N–H and O–H groups in total. The van der Waals surface area contributed by atoms with E-state index in [9.17, 15) is 9.59 Å². The van der Waals surface area contributed by atoms with E-state index in [0.717, 1.165) is 12.1 Å². The highest BCUT2D eigenvalue weighted by Gasteiger charge is 2.20. The van der Waals surface area contributed by atoms with Crippen LogP contribution in [0.25, 0.3) is 11.0 Å². The minimum absolute atomic E-state index is 0.0961. The predicted molar refractivity (Wildman–Crippen MR) is 119 cm³/mol. The Hall–Kier alpha value is -1.90. The van der Waals surface area contributed by atoms with E-state index in [0.29, 0.717) is 67.0 Å². The van der Waals surface area contributed by atoms with Gasteiger partial charge in [-0.1, -0.05) is 15.9 Å². The van der Waals surface area contributed by atoms with Gasteiger partial charge in [0.05, 0.1) is 18.6 Å². The normalized spacial score (nSPS) is 14.6. The van der Waals surface area contributed by atoms with Gasteiger partial charge in [0.25, 0.3) is 5.91 Å². The van der Waals surface area contributed by atoms with Crippen LogP contribution in [-0.4, -0.2) is 81.6 Å². The molecule has 1 amide bonds. The summed E-state index contributed by atoms with van der Waals surface area (Å²) in [5.41, 5.74) is 1.80. The van der Waals surface area contributed by atoms with Crippen molar-refractivity contribution in [3.8, 4) is 0 Å². The zero-order valence-corrected chi connectivity index (χ0v) is 18.8. The van der Waals surface area contributed by atoms with E-state index in [-0.39, 0.29) is 11.3 Å². The molecule has 0 radical (unpaired) electrons. The number of ether oxygens (including phenoxy) is 1. The number of halogens is 1. The second-order valence-electron chi connectivity index (χ2n) is 7.53. The highest BCUT2D eigenvalue weighted by molar-refractivity contribution is 9.09. The summed E-state index contributed by atoms with van der Waals surface area (Å²) in [6.45, 7) is 3.99. The van der Waals surface area contributed by atoms with Gasteiger partial charge < -0.3 is 23.9 Å². The fraction of sp³-hybridized carbons (Fsp3) is 0.524. The number of amides is 1. The van der Waals surface area contributed by atoms with Crippen LogP contribution in [0.3, 0.4) is 0 Å². The molecule has 0 unspecified atom stereocenters. The smallest absolute Gasteiger partial charge is 0.253 e. The lowest BCUT2D eigenvalue weighted by atomic mass is 10.0. The molecule has 158 valence electrons. The minimum atomic E-state index is -0.130. The number of anilines is 1. The fourth-order valence-electron chi connectivity index (χ4n) is 3.34. The Morgan fingerprint density at radius 3 is 2.52 bits per heavy atom. The van der Waals surface area contributed by atoms with Crippen LogP contribution in [0.5, 0.6) is 0 Å².